The highest BCUT2D eigenvalue weighted by atomic mass is 16.3. The Balaban J connectivity index is 2.02. The SMILES string of the molecule is C=C(c1ccccc1)c1c(O)cccc1Cc1ccccc1. The van der Waals surface area contributed by atoms with E-state index in [4.69, 9.17) is 0 Å². The standard InChI is InChI=1S/C21H18O/c1-16(18-11-6-3-7-12-18)21-19(13-8-14-20(21)22)15-17-9-4-2-5-10-17/h2-14,22H,1,15H2. The second-order valence-electron chi connectivity index (χ2n) is 5.32. The molecule has 0 bridgehead atoms. The van der Waals surface area contributed by atoms with Gasteiger partial charge < -0.3 is 5.11 Å². The van der Waals surface area contributed by atoms with Crippen LogP contribution < -0.4 is 0 Å². The van der Waals surface area contributed by atoms with Crippen molar-refractivity contribution in [2.75, 3.05) is 0 Å². The van der Waals surface area contributed by atoms with Crippen LogP contribution in [0.1, 0.15) is 22.3 Å². The zero-order valence-electron chi connectivity index (χ0n) is 12.4. The van der Waals surface area contributed by atoms with E-state index < -0.39 is 0 Å². The minimum Gasteiger partial charge on any atom is -0.507 e. The fourth-order valence-electron chi connectivity index (χ4n) is 2.68. The molecule has 0 spiro atoms. The first-order valence-electron chi connectivity index (χ1n) is 7.35. The Morgan fingerprint density at radius 2 is 1.41 bits per heavy atom. The molecule has 0 saturated carbocycles. The smallest absolute Gasteiger partial charge is 0.123 e. The third-order valence-electron chi connectivity index (χ3n) is 3.79. The highest BCUT2D eigenvalue weighted by Gasteiger charge is 2.13. The number of phenolic OH excluding ortho intramolecular Hbond substituents is 1. The van der Waals surface area contributed by atoms with E-state index >= 15 is 0 Å². The quantitative estimate of drug-likeness (QED) is 0.712. The van der Waals surface area contributed by atoms with Crippen LogP contribution in [0, 0.1) is 0 Å². The molecule has 0 aliphatic rings. The lowest BCUT2D eigenvalue weighted by molar-refractivity contribution is 0.473. The molecule has 1 nitrogen and oxygen atoms in total. The van der Waals surface area contributed by atoms with Crippen molar-refractivity contribution in [1.82, 2.24) is 0 Å². The lowest BCUT2D eigenvalue weighted by Gasteiger charge is -2.14. The summed E-state index contributed by atoms with van der Waals surface area (Å²) >= 11 is 0. The molecule has 0 aliphatic heterocycles. The Kier molecular flexibility index (Phi) is 4.06. The molecule has 1 heteroatoms. The van der Waals surface area contributed by atoms with Crippen molar-refractivity contribution in [2.45, 2.75) is 6.42 Å². The topological polar surface area (TPSA) is 20.2 Å². The number of rotatable bonds is 4. The van der Waals surface area contributed by atoms with Gasteiger partial charge in [-0.1, -0.05) is 79.4 Å². The predicted octanol–water partition coefficient (Wildman–Crippen LogP) is 5.04. The van der Waals surface area contributed by atoms with Gasteiger partial charge in [0.25, 0.3) is 0 Å². The Labute approximate surface area is 131 Å². The molecule has 0 aromatic heterocycles. The van der Waals surface area contributed by atoms with Gasteiger partial charge in [-0.3, -0.25) is 0 Å². The summed E-state index contributed by atoms with van der Waals surface area (Å²) in [4.78, 5) is 0. The maximum atomic E-state index is 10.3. The van der Waals surface area contributed by atoms with E-state index in [1.165, 1.54) is 5.56 Å². The highest BCUT2D eigenvalue weighted by molar-refractivity contribution is 5.83. The lowest BCUT2D eigenvalue weighted by atomic mass is 9.91. The number of hydrogen-bond acceptors (Lipinski definition) is 1. The fourth-order valence-corrected chi connectivity index (χ4v) is 2.68. The van der Waals surface area contributed by atoms with Gasteiger partial charge >= 0.3 is 0 Å². The Morgan fingerprint density at radius 3 is 2.09 bits per heavy atom. The summed E-state index contributed by atoms with van der Waals surface area (Å²) in [7, 11) is 0. The van der Waals surface area contributed by atoms with Gasteiger partial charge in [-0.25, -0.2) is 0 Å². The first kappa shape index (κ1) is 14.2. The molecule has 1 N–H and O–H groups in total. The molecular weight excluding hydrogens is 268 g/mol. The molecule has 0 radical (unpaired) electrons. The van der Waals surface area contributed by atoms with Crippen molar-refractivity contribution < 1.29 is 5.11 Å². The Morgan fingerprint density at radius 1 is 0.773 bits per heavy atom. The van der Waals surface area contributed by atoms with Crippen molar-refractivity contribution in [3.63, 3.8) is 0 Å². The van der Waals surface area contributed by atoms with Crippen LogP contribution in [0.5, 0.6) is 5.75 Å². The summed E-state index contributed by atoms with van der Waals surface area (Å²) < 4.78 is 0. The van der Waals surface area contributed by atoms with Crippen molar-refractivity contribution >= 4 is 5.57 Å². The van der Waals surface area contributed by atoms with Crippen LogP contribution in [-0.4, -0.2) is 5.11 Å². The zero-order chi connectivity index (χ0) is 15.4. The van der Waals surface area contributed by atoms with E-state index in [0.717, 1.165) is 28.7 Å². The first-order chi connectivity index (χ1) is 10.8. The predicted molar refractivity (Wildman–Crippen MR) is 91.9 cm³/mol. The average Bonchev–Trinajstić information content (AvgIpc) is 2.56. The van der Waals surface area contributed by atoms with E-state index in [2.05, 4.69) is 24.8 Å². The Bertz CT molecular complexity index is 774. The number of benzene rings is 3. The van der Waals surface area contributed by atoms with E-state index in [9.17, 15) is 5.11 Å². The zero-order valence-corrected chi connectivity index (χ0v) is 12.4. The largest absolute Gasteiger partial charge is 0.507 e. The number of hydrogen-bond donors (Lipinski definition) is 1. The van der Waals surface area contributed by atoms with Gasteiger partial charge in [-0.05, 0) is 34.8 Å². The van der Waals surface area contributed by atoms with Gasteiger partial charge in [0.2, 0.25) is 0 Å². The van der Waals surface area contributed by atoms with Gasteiger partial charge in [-0.15, -0.1) is 0 Å². The van der Waals surface area contributed by atoms with E-state index in [1.807, 2.05) is 54.6 Å². The van der Waals surface area contributed by atoms with E-state index in [0.29, 0.717) is 0 Å². The minimum atomic E-state index is 0.280. The van der Waals surface area contributed by atoms with Crippen molar-refractivity contribution in [2.24, 2.45) is 0 Å². The number of phenols is 1. The highest BCUT2D eigenvalue weighted by Crippen LogP contribution is 2.33. The summed E-state index contributed by atoms with van der Waals surface area (Å²) in [5.41, 5.74) is 5.01. The molecule has 0 saturated heterocycles. The molecule has 0 aliphatic carbocycles. The molecular formula is C21H18O. The summed E-state index contributed by atoms with van der Waals surface area (Å²) in [6.07, 6.45) is 0.774. The molecule has 0 unspecified atom stereocenters. The number of aromatic hydroxyl groups is 1. The summed E-state index contributed by atoms with van der Waals surface area (Å²) in [5.74, 6) is 0.280. The minimum absolute atomic E-state index is 0.280. The van der Waals surface area contributed by atoms with Crippen LogP contribution in [0.25, 0.3) is 5.57 Å². The van der Waals surface area contributed by atoms with Crippen LogP contribution in [0.15, 0.2) is 85.4 Å². The van der Waals surface area contributed by atoms with Gasteiger partial charge in [0.1, 0.15) is 5.75 Å². The monoisotopic (exact) mass is 286 g/mol. The van der Waals surface area contributed by atoms with Gasteiger partial charge in [0.15, 0.2) is 0 Å². The second kappa shape index (κ2) is 6.31. The first-order valence-corrected chi connectivity index (χ1v) is 7.35. The van der Waals surface area contributed by atoms with Crippen LogP contribution in [-0.2, 0) is 6.42 Å². The summed E-state index contributed by atoms with van der Waals surface area (Å²) in [6.45, 7) is 4.20. The molecule has 0 fully saturated rings. The molecule has 22 heavy (non-hydrogen) atoms. The van der Waals surface area contributed by atoms with Crippen LogP contribution in [0.2, 0.25) is 0 Å². The third kappa shape index (κ3) is 2.94. The summed E-state index contributed by atoms with van der Waals surface area (Å²) in [5, 5.41) is 10.3. The molecule has 0 amide bonds. The molecule has 3 aromatic carbocycles. The van der Waals surface area contributed by atoms with Crippen LogP contribution in [0.4, 0.5) is 0 Å². The molecule has 3 rings (SSSR count). The third-order valence-corrected chi connectivity index (χ3v) is 3.79. The summed E-state index contributed by atoms with van der Waals surface area (Å²) in [6, 6.07) is 25.9. The maximum Gasteiger partial charge on any atom is 0.123 e. The van der Waals surface area contributed by atoms with Crippen LogP contribution >= 0.6 is 0 Å². The second-order valence-corrected chi connectivity index (χ2v) is 5.32. The molecule has 0 heterocycles. The average molecular weight is 286 g/mol. The maximum absolute atomic E-state index is 10.3. The Hall–Kier alpha value is -2.80. The molecule has 108 valence electrons. The van der Waals surface area contributed by atoms with Crippen molar-refractivity contribution in [3.8, 4) is 5.75 Å². The van der Waals surface area contributed by atoms with Gasteiger partial charge in [0.05, 0.1) is 0 Å². The van der Waals surface area contributed by atoms with E-state index in [1.54, 1.807) is 6.07 Å². The van der Waals surface area contributed by atoms with Gasteiger partial charge in [-0.2, -0.15) is 0 Å². The normalized spacial score (nSPS) is 10.4. The van der Waals surface area contributed by atoms with Crippen LogP contribution in [0.3, 0.4) is 0 Å². The lowest BCUT2D eigenvalue weighted by Crippen LogP contribution is -1.96. The van der Waals surface area contributed by atoms with Gasteiger partial charge in [0, 0.05) is 5.56 Å². The van der Waals surface area contributed by atoms with E-state index in [-0.39, 0.29) is 5.75 Å². The molecule has 3 aromatic rings. The van der Waals surface area contributed by atoms with Crippen molar-refractivity contribution in [1.29, 1.82) is 0 Å². The van der Waals surface area contributed by atoms with Crippen molar-refractivity contribution in [3.05, 3.63) is 108 Å². The molecule has 0 atom stereocenters. The fraction of sp³-hybridized carbons (Fsp3) is 0.0476.